The van der Waals surface area contributed by atoms with E-state index in [9.17, 15) is 14.4 Å². The standard InChI is InChI=1S/3C8H9NO2/c3*1-9-7-4-2-6(3-5-7)8(10)11/h3*2-5,9H,1H3,(H,10,11). The molecule has 174 valence electrons. The number of hydrogen-bond donors (Lipinski definition) is 6. The number of carboxylic acids is 3. The van der Waals surface area contributed by atoms with E-state index in [0.717, 1.165) is 17.1 Å². The molecular weight excluding hydrogens is 426 g/mol. The summed E-state index contributed by atoms with van der Waals surface area (Å²) in [6.07, 6.45) is 0. The van der Waals surface area contributed by atoms with Gasteiger partial charge in [-0.1, -0.05) is 0 Å². The van der Waals surface area contributed by atoms with Crippen molar-refractivity contribution in [2.75, 3.05) is 37.1 Å². The number of anilines is 3. The van der Waals surface area contributed by atoms with Crippen LogP contribution in [0.4, 0.5) is 17.1 Å². The van der Waals surface area contributed by atoms with Crippen molar-refractivity contribution in [3.05, 3.63) is 89.5 Å². The highest BCUT2D eigenvalue weighted by atomic mass is 16.4. The minimum Gasteiger partial charge on any atom is -0.478 e. The first-order chi connectivity index (χ1) is 15.7. The van der Waals surface area contributed by atoms with E-state index in [-0.39, 0.29) is 0 Å². The Hall–Kier alpha value is -4.53. The lowest BCUT2D eigenvalue weighted by atomic mass is 10.2. The second kappa shape index (κ2) is 13.7. The summed E-state index contributed by atoms with van der Waals surface area (Å²) in [7, 11) is 5.36. The monoisotopic (exact) mass is 453 g/mol. The van der Waals surface area contributed by atoms with Gasteiger partial charge in [-0.05, 0) is 72.8 Å². The third kappa shape index (κ3) is 9.43. The highest BCUT2D eigenvalue weighted by Gasteiger charge is 2.01. The van der Waals surface area contributed by atoms with E-state index in [1.807, 2.05) is 0 Å². The highest BCUT2D eigenvalue weighted by Crippen LogP contribution is 2.09. The molecule has 0 aromatic heterocycles. The van der Waals surface area contributed by atoms with E-state index in [1.54, 1.807) is 93.9 Å². The highest BCUT2D eigenvalue weighted by molar-refractivity contribution is 5.89. The second-order valence-electron chi connectivity index (χ2n) is 6.40. The van der Waals surface area contributed by atoms with Crippen LogP contribution in [0, 0.1) is 0 Å². The maximum Gasteiger partial charge on any atom is 0.335 e. The van der Waals surface area contributed by atoms with Crippen molar-refractivity contribution >= 4 is 35.0 Å². The second-order valence-corrected chi connectivity index (χ2v) is 6.40. The van der Waals surface area contributed by atoms with Crippen molar-refractivity contribution in [1.82, 2.24) is 0 Å². The zero-order valence-electron chi connectivity index (χ0n) is 18.5. The van der Waals surface area contributed by atoms with Crippen molar-refractivity contribution in [3.63, 3.8) is 0 Å². The van der Waals surface area contributed by atoms with Gasteiger partial charge in [0.25, 0.3) is 0 Å². The van der Waals surface area contributed by atoms with Crippen LogP contribution in [-0.4, -0.2) is 54.4 Å². The Balaban J connectivity index is 0.000000247. The van der Waals surface area contributed by atoms with Crippen LogP contribution in [0.15, 0.2) is 72.8 Å². The largest absolute Gasteiger partial charge is 0.478 e. The van der Waals surface area contributed by atoms with Gasteiger partial charge in [0.15, 0.2) is 0 Å². The summed E-state index contributed by atoms with van der Waals surface area (Å²) >= 11 is 0. The number of benzene rings is 3. The molecular formula is C24H27N3O6. The predicted molar refractivity (Wildman–Crippen MR) is 129 cm³/mol. The molecule has 33 heavy (non-hydrogen) atoms. The first-order valence-corrected chi connectivity index (χ1v) is 9.75. The van der Waals surface area contributed by atoms with Crippen molar-refractivity contribution in [2.24, 2.45) is 0 Å². The molecule has 0 amide bonds. The molecule has 0 heterocycles. The summed E-state index contributed by atoms with van der Waals surface area (Å²) in [6.45, 7) is 0. The van der Waals surface area contributed by atoms with Gasteiger partial charge in [0.2, 0.25) is 0 Å². The van der Waals surface area contributed by atoms with Crippen molar-refractivity contribution in [2.45, 2.75) is 0 Å². The average Bonchev–Trinajstić information content (AvgIpc) is 2.84. The van der Waals surface area contributed by atoms with E-state index in [4.69, 9.17) is 15.3 Å². The number of hydrogen-bond acceptors (Lipinski definition) is 6. The number of nitrogens with one attached hydrogen (secondary N) is 3. The molecule has 0 saturated carbocycles. The van der Waals surface area contributed by atoms with Gasteiger partial charge in [-0.2, -0.15) is 0 Å². The summed E-state index contributed by atoms with van der Waals surface area (Å²) < 4.78 is 0. The molecule has 0 atom stereocenters. The fourth-order valence-corrected chi connectivity index (χ4v) is 2.34. The van der Waals surface area contributed by atoms with Gasteiger partial charge >= 0.3 is 17.9 Å². The fourth-order valence-electron chi connectivity index (χ4n) is 2.34. The lowest BCUT2D eigenvalue weighted by Gasteiger charge is -1.98. The summed E-state index contributed by atoms with van der Waals surface area (Å²) in [4.78, 5) is 31.1. The molecule has 3 aromatic carbocycles. The molecule has 0 spiro atoms. The normalized spacial score (nSPS) is 9.18. The van der Waals surface area contributed by atoms with Gasteiger partial charge in [-0.3, -0.25) is 0 Å². The number of carboxylic acid groups (broad SMARTS) is 3. The predicted octanol–water partition coefficient (Wildman–Crippen LogP) is 4.28. The van der Waals surface area contributed by atoms with Crippen LogP contribution < -0.4 is 16.0 Å². The van der Waals surface area contributed by atoms with Crippen LogP contribution in [0.2, 0.25) is 0 Å². The Morgan fingerprint density at radius 3 is 0.758 bits per heavy atom. The zero-order chi connectivity index (χ0) is 24.8. The number of carbonyl (C=O) groups is 3. The third-order valence-electron chi connectivity index (χ3n) is 4.26. The Labute approximate surface area is 191 Å². The number of rotatable bonds is 6. The van der Waals surface area contributed by atoms with Crippen molar-refractivity contribution in [1.29, 1.82) is 0 Å². The third-order valence-corrected chi connectivity index (χ3v) is 4.26. The van der Waals surface area contributed by atoms with Gasteiger partial charge in [0.1, 0.15) is 0 Å². The summed E-state index contributed by atoms with van der Waals surface area (Å²) in [5.74, 6) is -2.69. The van der Waals surface area contributed by atoms with E-state index in [0.29, 0.717) is 16.7 Å². The molecule has 6 N–H and O–H groups in total. The van der Waals surface area contributed by atoms with E-state index < -0.39 is 17.9 Å². The molecule has 0 fully saturated rings. The molecule has 0 aliphatic carbocycles. The molecule has 9 heteroatoms. The van der Waals surface area contributed by atoms with Crippen LogP contribution >= 0.6 is 0 Å². The first-order valence-electron chi connectivity index (χ1n) is 9.75. The summed E-state index contributed by atoms with van der Waals surface area (Å²) in [5.41, 5.74) is 3.66. The Kier molecular flexibility index (Phi) is 11.0. The molecule has 0 radical (unpaired) electrons. The maximum atomic E-state index is 10.4. The summed E-state index contributed by atoms with van der Waals surface area (Å²) in [6, 6.07) is 19.7. The average molecular weight is 453 g/mol. The smallest absolute Gasteiger partial charge is 0.335 e. The van der Waals surface area contributed by atoms with E-state index in [2.05, 4.69) is 16.0 Å². The molecule has 0 bridgehead atoms. The molecule has 3 rings (SSSR count). The van der Waals surface area contributed by atoms with Crippen LogP contribution in [0.1, 0.15) is 31.1 Å². The topological polar surface area (TPSA) is 148 Å². The maximum absolute atomic E-state index is 10.4. The van der Waals surface area contributed by atoms with Gasteiger partial charge < -0.3 is 31.3 Å². The minimum atomic E-state index is -0.896. The Morgan fingerprint density at radius 1 is 0.455 bits per heavy atom. The molecule has 0 saturated heterocycles. The Bertz CT molecular complexity index is 897. The SMILES string of the molecule is CNc1ccc(C(=O)O)cc1.CNc1ccc(C(=O)O)cc1.CNc1ccc(C(=O)O)cc1. The minimum absolute atomic E-state index is 0.309. The van der Waals surface area contributed by atoms with Gasteiger partial charge in [-0.15, -0.1) is 0 Å². The molecule has 0 aliphatic rings. The summed E-state index contributed by atoms with van der Waals surface area (Å²) in [5, 5.41) is 34.3. The molecule has 0 unspecified atom stereocenters. The van der Waals surface area contributed by atoms with Crippen LogP contribution in [0.3, 0.4) is 0 Å². The van der Waals surface area contributed by atoms with Gasteiger partial charge in [-0.25, -0.2) is 14.4 Å². The number of aromatic carboxylic acids is 3. The first kappa shape index (κ1) is 26.5. The molecule has 9 nitrogen and oxygen atoms in total. The zero-order valence-corrected chi connectivity index (χ0v) is 18.5. The van der Waals surface area contributed by atoms with Crippen molar-refractivity contribution in [3.8, 4) is 0 Å². The molecule has 0 aliphatic heterocycles. The Morgan fingerprint density at radius 2 is 0.636 bits per heavy atom. The van der Waals surface area contributed by atoms with E-state index >= 15 is 0 Å². The quantitative estimate of drug-likeness (QED) is 0.322. The van der Waals surface area contributed by atoms with Gasteiger partial charge in [0, 0.05) is 38.2 Å². The lowest BCUT2D eigenvalue weighted by Crippen LogP contribution is -1.96. The van der Waals surface area contributed by atoms with Crippen LogP contribution in [0.25, 0.3) is 0 Å². The fraction of sp³-hybridized carbons (Fsp3) is 0.125. The lowest BCUT2D eigenvalue weighted by molar-refractivity contribution is 0.0686. The van der Waals surface area contributed by atoms with E-state index in [1.165, 1.54) is 0 Å². The van der Waals surface area contributed by atoms with Crippen LogP contribution in [-0.2, 0) is 0 Å². The van der Waals surface area contributed by atoms with Crippen molar-refractivity contribution < 1.29 is 29.7 Å². The molecule has 3 aromatic rings. The van der Waals surface area contributed by atoms with Gasteiger partial charge in [0.05, 0.1) is 16.7 Å². The van der Waals surface area contributed by atoms with Crippen LogP contribution in [0.5, 0.6) is 0 Å².